The van der Waals surface area contributed by atoms with Gasteiger partial charge in [0.05, 0.1) is 5.56 Å². The summed E-state index contributed by atoms with van der Waals surface area (Å²) in [5, 5.41) is 17.5. The zero-order chi connectivity index (χ0) is 14.2. The van der Waals surface area contributed by atoms with E-state index in [0.717, 1.165) is 26.1 Å². The second-order valence-electron chi connectivity index (χ2n) is 5.65. The summed E-state index contributed by atoms with van der Waals surface area (Å²) in [5.74, 6) is -0.948. The van der Waals surface area contributed by atoms with E-state index in [1.54, 1.807) is 22.9 Å². The summed E-state index contributed by atoms with van der Waals surface area (Å²) < 4.78 is 7.12. The lowest BCUT2D eigenvalue weighted by atomic mass is 9.82. The fourth-order valence-electron chi connectivity index (χ4n) is 2.70. The van der Waals surface area contributed by atoms with E-state index < -0.39 is 5.97 Å². The SMILES string of the molecule is CC1(Cn2nnc3cccc(C(=O)O)c32)CCOCC1. The summed E-state index contributed by atoms with van der Waals surface area (Å²) in [7, 11) is 0. The van der Waals surface area contributed by atoms with Gasteiger partial charge in [-0.3, -0.25) is 0 Å². The number of fused-ring (bicyclic) bond motifs is 1. The van der Waals surface area contributed by atoms with Crippen LogP contribution in [-0.4, -0.2) is 39.3 Å². The molecule has 1 aliphatic rings. The van der Waals surface area contributed by atoms with Gasteiger partial charge in [-0.25, -0.2) is 9.48 Å². The molecule has 0 atom stereocenters. The zero-order valence-corrected chi connectivity index (χ0v) is 11.4. The van der Waals surface area contributed by atoms with Gasteiger partial charge < -0.3 is 9.84 Å². The topological polar surface area (TPSA) is 77.2 Å². The summed E-state index contributed by atoms with van der Waals surface area (Å²) in [5.41, 5.74) is 1.56. The number of hydrogen-bond acceptors (Lipinski definition) is 4. The Morgan fingerprint density at radius 2 is 2.20 bits per heavy atom. The average Bonchev–Trinajstić information content (AvgIpc) is 2.82. The van der Waals surface area contributed by atoms with Crippen molar-refractivity contribution in [1.29, 1.82) is 0 Å². The summed E-state index contributed by atoms with van der Waals surface area (Å²) in [6.07, 6.45) is 1.90. The zero-order valence-electron chi connectivity index (χ0n) is 11.4. The third kappa shape index (κ3) is 2.27. The summed E-state index contributed by atoms with van der Waals surface area (Å²) in [6, 6.07) is 5.08. The molecule has 0 bridgehead atoms. The Bertz CT molecular complexity index is 644. The molecule has 0 aliphatic carbocycles. The van der Waals surface area contributed by atoms with Crippen molar-refractivity contribution in [1.82, 2.24) is 15.0 Å². The molecular weight excluding hydrogens is 258 g/mol. The number of carbonyl (C=O) groups is 1. The van der Waals surface area contributed by atoms with E-state index in [9.17, 15) is 9.90 Å². The molecule has 1 fully saturated rings. The van der Waals surface area contributed by atoms with E-state index in [0.29, 0.717) is 17.6 Å². The van der Waals surface area contributed by atoms with Gasteiger partial charge in [-0.15, -0.1) is 5.10 Å². The second kappa shape index (κ2) is 4.86. The van der Waals surface area contributed by atoms with Crippen LogP contribution in [0.5, 0.6) is 0 Å². The van der Waals surface area contributed by atoms with Crippen LogP contribution in [0.25, 0.3) is 11.0 Å². The minimum absolute atomic E-state index is 0.0739. The molecule has 20 heavy (non-hydrogen) atoms. The first-order valence-electron chi connectivity index (χ1n) is 6.72. The molecule has 106 valence electrons. The average molecular weight is 275 g/mol. The van der Waals surface area contributed by atoms with Crippen molar-refractivity contribution in [3.63, 3.8) is 0 Å². The Balaban J connectivity index is 2.01. The number of aromatic carboxylic acids is 1. The normalized spacial score (nSPS) is 18.2. The Kier molecular flexibility index (Phi) is 3.17. The van der Waals surface area contributed by atoms with Crippen molar-refractivity contribution in [2.75, 3.05) is 13.2 Å². The second-order valence-corrected chi connectivity index (χ2v) is 5.65. The van der Waals surface area contributed by atoms with Gasteiger partial charge in [0.15, 0.2) is 0 Å². The maximum absolute atomic E-state index is 11.3. The molecule has 6 heteroatoms. The first-order chi connectivity index (χ1) is 9.59. The van der Waals surface area contributed by atoms with E-state index in [1.807, 2.05) is 0 Å². The molecule has 0 amide bonds. The van der Waals surface area contributed by atoms with Gasteiger partial charge >= 0.3 is 5.97 Å². The van der Waals surface area contributed by atoms with Crippen molar-refractivity contribution < 1.29 is 14.6 Å². The lowest BCUT2D eigenvalue weighted by Crippen LogP contribution is -2.31. The summed E-state index contributed by atoms with van der Waals surface area (Å²) in [4.78, 5) is 11.3. The van der Waals surface area contributed by atoms with E-state index in [2.05, 4.69) is 17.2 Å². The lowest BCUT2D eigenvalue weighted by Gasteiger charge is -2.33. The summed E-state index contributed by atoms with van der Waals surface area (Å²) >= 11 is 0. The number of ether oxygens (including phenoxy) is 1. The maximum atomic E-state index is 11.3. The van der Waals surface area contributed by atoms with Crippen LogP contribution in [-0.2, 0) is 11.3 Å². The monoisotopic (exact) mass is 275 g/mol. The molecule has 1 aliphatic heterocycles. The van der Waals surface area contributed by atoms with Crippen molar-refractivity contribution in [3.05, 3.63) is 23.8 Å². The molecule has 0 spiro atoms. The third-order valence-corrected chi connectivity index (χ3v) is 4.00. The first kappa shape index (κ1) is 13.1. The highest BCUT2D eigenvalue weighted by Gasteiger charge is 2.29. The Hall–Kier alpha value is -1.95. The minimum atomic E-state index is -0.948. The predicted molar refractivity (Wildman–Crippen MR) is 72.6 cm³/mol. The maximum Gasteiger partial charge on any atom is 0.337 e. The van der Waals surface area contributed by atoms with Crippen molar-refractivity contribution >= 4 is 17.0 Å². The van der Waals surface area contributed by atoms with Crippen molar-refractivity contribution in [2.45, 2.75) is 26.3 Å². The number of carboxylic acids is 1. The van der Waals surface area contributed by atoms with Crippen LogP contribution < -0.4 is 0 Å². The standard InChI is InChI=1S/C14H17N3O3/c1-14(5-7-20-8-6-14)9-17-12-10(13(18)19)3-2-4-11(12)15-16-17/h2-4H,5-9H2,1H3,(H,18,19). The van der Waals surface area contributed by atoms with Gasteiger partial charge in [0.1, 0.15) is 11.0 Å². The molecular formula is C14H17N3O3. The third-order valence-electron chi connectivity index (χ3n) is 4.00. The highest BCUT2D eigenvalue weighted by molar-refractivity contribution is 6.00. The number of carboxylic acid groups (broad SMARTS) is 1. The van der Waals surface area contributed by atoms with Crippen LogP contribution in [0.1, 0.15) is 30.1 Å². The number of para-hydroxylation sites is 1. The molecule has 1 saturated heterocycles. The number of aromatic nitrogens is 3. The van der Waals surface area contributed by atoms with Gasteiger partial charge in [-0.1, -0.05) is 18.2 Å². The fraction of sp³-hybridized carbons (Fsp3) is 0.500. The molecule has 0 radical (unpaired) electrons. The van der Waals surface area contributed by atoms with Gasteiger partial charge in [-0.05, 0) is 30.4 Å². The number of rotatable bonds is 3. The molecule has 3 rings (SSSR count). The highest BCUT2D eigenvalue weighted by Crippen LogP contribution is 2.32. The Labute approximate surface area is 116 Å². The minimum Gasteiger partial charge on any atom is -0.478 e. The lowest BCUT2D eigenvalue weighted by molar-refractivity contribution is 0.0142. The van der Waals surface area contributed by atoms with Gasteiger partial charge in [0.2, 0.25) is 0 Å². The largest absolute Gasteiger partial charge is 0.478 e. The molecule has 1 aromatic carbocycles. The predicted octanol–water partition coefficient (Wildman–Crippen LogP) is 1.95. The smallest absolute Gasteiger partial charge is 0.337 e. The van der Waals surface area contributed by atoms with Crippen LogP contribution in [0.15, 0.2) is 18.2 Å². The molecule has 0 saturated carbocycles. The van der Waals surface area contributed by atoms with E-state index in [4.69, 9.17) is 4.74 Å². The van der Waals surface area contributed by atoms with Gasteiger partial charge in [-0.2, -0.15) is 0 Å². The van der Waals surface area contributed by atoms with Crippen molar-refractivity contribution in [2.24, 2.45) is 5.41 Å². The van der Waals surface area contributed by atoms with E-state index in [1.165, 1.54) is 0 Å². The molecule has 2 aromatic rings. The first-order valence-corrected chi connectivity index (χ1v) is 6.72. The van der Waals surface area contributed by atoms with Gasteiger partial charge in [0, 0.05) is 19.8 Å². The van der Waals surface area contributed by atoms with Gasteiger partial charge in [0.25, 0.3) is 0 Å². The quantitative estimate of drug-likeness (QED) is 0.926. The molecule has 0 unspecified atom stereocenters. The van der Waals surface area contributed by atoms with E-state index in [-0.39, 0.29) is 11.0 Å². The number of benzene rings is 1. The Morgan fingerprint density at radius 1 is 1.45 bits per heavy atom. The van der Waals surface area contributed by atoms with Crippen LogP contribution in [0.3, 0.4) is 0 Å². The van der Waals surface area contributed by atoms with Crippen LogP contribution in [0.2, 0.25) is 0 Å². The molecule has 1 N–H and O–H groups in total. The number of nitrogens with zero attached hydrogens (tertiary/aromatic N) is 3. The number of hydrogen-bond donors (Lipinski definition) is 1. The summed E-state index contributed by atoms with van der Waals surface area (Å²) in [6.45, 7) is 4.34. The molecule has 6 nitrogen and oxygen atoms in total. The highest BCUT2D eigenvalue weighted by atomic mass is 16.5. The van der Waals surface area contributed by atoms with E-state index >= 15 is 0 Å². The molecule has 1 aromatic heterocycles. The van der Waals surface area contributed by atoms with Crippen LogP contribution >= 0.6 is 0 Å². The Morgan fingerprint density at radius 3 is 2.90 bits per heavy atom. The van der Waals surface area contributed by atoms with Crippen LogP contribution in [0.4, 0.5) is 0 Å². The van der Waals surface area contributed by atoms with Crippen molar-refractivity contribution in [3.8, 4) is 0 Å². The van der Waals surface area contributed by atoms with Crippen LogP contribution in [0, 0.1) is 5.41 Å². The fourth-order valence-corrected chi connectivity index (χ4v) is 2.70. The molecule has 2 heterocycles.